The van der Waals surface area contributed by atoms with Crippen LogP contribution in [0.4, 0.5) is 0 Å². The number of nitrogens with one attached hydrogen (secondary N) is 1. The van der Waals surface area contributed by atoms with Gasteiger partial charge in [-0.3, -0.25) is 0 Å². The normalized spacial score (nSPS) is 28.6. The first-order valence-corrected chi connectivity index (χ1v) is 5.15. The van der Waals surface area contributed by atoms with E-state index in [-0.39, 0.29) is 0 Å². The lowest BCUT2D eigenvalue weighted by Crippen LogP contribution is -2.37. The molecule has 3 nitrogen and oxygen atoms in total. The Morgan fingerprint density at radius 3 is 2.77 bits per heavy atom. The van der Waals surface area contributed by atoms with Crippen LogP contribution in [-0.2, 0) is 4.74 Å². The second-order valence-electron chi connectivity index (χ2n) is 4.03. The SMILES string of the molecule is COCCCN(C)C1CNCC1C. The summed E-state index contributed by atoms with van der Waals surface area (Å²) in [4.78, 5) is 2.45. The van der Waals surface area contributed by atoms with Crippen LogP contribution in [0, 0.1) is 5.92 Å². The first-order chi connectivity index (χ1) is 6.25. The van der Waals surface area contributed by atoms with E-state index in [1.165, 1.54) is 6.54 Å². The van der Waals surface area contributed by atoms with Gasteiger partial charge in [-0.1, -0.05) is 6.92 Å². The van der Waals surface area contributed by atoms with E-state index in [2.05, 4.69) is 24.2 Å². The molecule has 0 radical (unpaired) electrons. The van der Waals surface area contributed by atoms with Gasteiger partial charge in [0.05, 0.1) is 0 Å². The van der Waals surface area contributed by atoms with Crippen LogP contribution in [0.15, 0.2) is 0 Å². The maximum atomic E-state index is 5.04. The van der Waals surface area contributed by atoms with E-state index in [1.807, 2.05) is 0 Å². The van der Waals surface area contributed by atoms with Gasteiger partial charge in [-0.05, 0) is 25.9 Å². The molecule has 0 aliphatic carbocycles. The average molecular weight is 186 g/mol. The van der Waals surface area contributed by atoms with E-state index < -0.39 is 0 Å². The van der Waals surface area contributed by atoms with Crippen molar-refractivity contribution in [2.24, 2.45) is 5.92 Å². The molecule has 13 heavy (non-hydrogen) atoms. The standard InChI is InChI=1S/C10H22N2O/c1-9-7-11-8-10(9)12(2)5-4-6-13-3/h9-11H,4-8H2,1-3H3. The fourth-order valence-corrected chi connectivity index (χ4v) is 2.01. The summed E-state index contributed by atoms with van der Waals surface area (Å²) in [5.74, 6) is 0.785. The lowest BCUT2D eigenvalue weighted by molar-refractivity contribution is 0.159. The van der Waals surface area contributed by atoms with Gasteiger partial charge in [-0.25, -0.2) is 0 Å². The number of methoxy groups -OCH3 is 1. The first-order valence-electron chi connectivity index (χ1n) is 5.15. The van der Waals surface area contributed by atoms with Gasteiger partial charge in [0.1, 0.15) is 0 Å². The van der Waals surface area contributed by atoms with Crippen molar-refractivity contribution in [1.29, 1.82) is 0 Å². The fraction of sp³-hybridized carbons (Fsp3) is 1.00. The summed E-state index contributed by atoms with van der Waals surface area (Å²) < 4.78 is 5.04. The van der Waals surface area contributed by atoms with Crippen LogP contribution in [-0.4, -0.2) is 51.3 Å². The minimum atomic E-state index is 0.719. The van der Waals surface area contributed by atoms with Crippen LogP contribution in [0.25, 0.3) is 0 Å². The number of ether oxygens (including phenoxy) is 1. The van der Waals surface area contributed by atoms with Crippen molar-refractivity contribution in [3.8, 4) is 0 Å². The molecule has 1 fully saturated rings. The lowest BCUT2D eigenvalue weighted by atomic mass is 10.1. The van der Waals surface area contributed by atoms with Crippen molar-refractivity contribution < 1.29 is 4.74 Å². The molecule has 0 aromatic carbocycles. The zero-order valence-corrected chi connectivity index (χ0v) is 9.05. The zero-order chi connectivity index (χ0) is 9.68. The van der Waals surface area contributed by atoms with Crippen LogP contribution in [0.2, 0.25) is 0 Å². The second kappa shape index (κ2) is 5.58. The summed E-state index contributed by atoms with van der Waals surface area (Å²) in [6, 6.07) is 0.719. The van der Waals surface area contributed by atoms with E-state index in [4.69, 9.17) is 4.74 Å². The van der Waals surface area contributed by atoms with E-state index in [9.17, 15) is 0 Å². The van der Waals surface area contributed by atoms with E-state index >= 15 is 0 Å². The van der Waals surface area contributed by atoms with Crippen LogP contribution in [0.1, 0.15) is 13.3 Å². The van der Waals surface area contributed by atoms with Crippen LogP contribution in [0.3, 0.4) is 0 Å². The Labute approximate surface area is 81.4 Å². The highest BCUT2D eigenvalue weighted by molar-refractivity contribution is 4.84. The smallest absolute Gasteiger partial charge is 0.0474 e. The Morgan fingerprint density at radius 2 is 2.23 bits per heavy atom. The van der Waals surface area contributed by atoms with Gasteiger partial charge in [-0.2, -0.15) is 0 Å². The maximum Gasteiger partial charge on any atom is 0.0474 e. The lowest BCUT2D eigenvalue weighted by Gasteiger charge is -2.26. The number of nitrogens with zero attached hydrogens (tertiary/aromatic N) is 1. The molecular formula is C10H22N2O. The van der Waals surface area contributed by atoms with Gasteiger partial charge in [-0.15, -0.1) is 0 Å². The summed E-state index contributed by atoms with van der Waals surface area (Å²) in [5.41, 5.74) is 0. The second-order valence-corrected chi connectivity index (χ2v) is 4.03. The molecule has 1 saturated heterocycles. The van der Waals surface area contributed by atoms with Gasteiger partial charge in [0.15, 0.2) is 0 Å². The third-order valence-electron chi connectivity index (χ3n) is 2.90. The minimum absolute atomic E-state index is 0.719. The molecule has 0 saturated carbocycles. The molecule has 2 atom stereocenters. The largest absolute Gasteiger partial charge is 0.385 e. The van der Waals surface area contributed by atoms with Gasteiger partial charge in [0, 0.05) is 32.8 Å². The Bertz CT molecular complexity index is 141. The quantitative estimate of drug-likeness (QED) is 0.635. The maximum absolute atomic E-state index is 5.04. The van der Waals surface area contributed by atoms with Crippen LogP contribution < -0.4 is 5.32 Å². The Morgan fingerprint density at radius 1 is 1.46 bits per heavy atom. The molecule has 78 valence electrons. The zero-order valence-electron chi connectivity index (χ0n) is 9.05. The van der Waals surface area contributed by atoms with Crippen molar-refractivity contribution in [2.75, 3.05) is 40.4 Å². The van der Waals surface area contributed by atoms with Crippen molar-refractivity contribution in [1.82, 2.24) is 10.2 Å². The monoisotopic (exact) mass is 186 g/mol. The average Bonchev–Trinajstić information content (AvgIpc) is 2.52. The summed E-state index contributed by atoms with van der Waals surface area (Å²) in [7, 11) is 3.98. The molecule has 0 amide bonds. The van der Waals surface area contributed by atoms with Gasteiger partial charge in [0.2, 0.25) is 0 Å². The highest BCUT2D eigenvalue weighted by Gasteiger charge is 2.25. The summed E-state index contributed by atoms with van der Waals surface area (Å²) >= 11 is 0. The predicted molar refractivity (Wildman–Crippen MR) is 54.9 cm³/mol. The highest BCUT2D eigenvalue weighted by Crippen LogP contribution is 2.13. The highest BCUT2D eigenvalue weighted by atomic mass is 16.5. The van der Waals surface area contributed by atoms with Crippen LogP contribution >= 0.6 is 0 Å². The Balaban J connectivity index is 2.18. The molecule has 2 unspecified atom stereocenters. The molecule has 0 spiro atoms. The fourth-order valence-electron chi connectivity index (χ4n) is 2.01. The minimum Gasteiger partial charge on any atom is -0.385 e. The Hall–Kier alpha value is -0.120. The summed E-state index contributed by atoms with van der Waals surface area (Å²) in [6.07, 6.45) is 1.14. The molecule has 0 bridgehead atoms. The third-order valence-corrected chi connectivity index (χ3v) is 2.90. The van der Waals surface area contributed by atoms with Gasteiger partial charge in [0.25, 0.3) is 0 Å². The van der Waals surface area contributed by atoms with E-state index in [0.717, 1.165) is 38.1 Å². The summed E-state index contributed by atoms with van der Waals surface area (Å²) in [6.45, 7) is 6.64. The number of hydrogen-bond acceptors (Lipinski definition) is 3. The first kappa shape index (κ1) is 11.0. The van der Waals surface area contributed by atoms with Crippen molar-refractivity contribution in [3.63, 3.8) is 0 Å². The van der Waals surface area contributed by atoms with Crippen LogP contribution in [0.5, 0.6) is 0 Å². The Kier molecular flexibility index (Phi) is 4.70. The van der Waals surface area contributed by atoms with Crippen molar-refractivity contribution in [3.05, 3.63) is 0 Å². The van der Waals surface area contributed by atoms with Crippen molar-refractivity contribution >= 4 is 0 Å². The molecule has 3 heteroatoms. The molecule has 0 aromatic heterocycles. The number of likely N-dealkylation sites (N-methyl/N-ethyl adjacent to an activating group) is 1. The molecule has 1 aliphatic heterocycles. The molecule has 0 aromatic rings. The molecular weight excluding hydrogens is 164 g/mol. The third kappa shape index (κ3) is 3.25. The van der Waals surface area contributed by atoms with E-state index in [1.54, 1.807) is 7.11 Å². The number of rotatable bonds is 5. The van der Waals surface area contributed by atoms with Gasteiger partial charge < -0.3 is 15.0 Å². The topological polar surface area (TPSA) is 24.5 Å². The molecule has 1 N–H and O–H groups in total. The molecule has 1 heterocycles. The predicted octanol–water partition coefficient (Wildman–Crippen LogP) is 0.563. The van der Waals surface area contributed by atoms with E-state index in [0.29, 0.717) is 0 Å². The summed E-state index contributed by atoms with van der Waals surface area (Å²) in [5, 5.41) is 3.42. The molecule has 1 rings (SSSR count). The van der Waals surface area contributed by atoms with Crippen molar-refractivity contribution in [2.45, 2.75) is 19.4 Å². The number of hydrogen-bond donors (Lipinski definition) is 1. The molecule has 1 aliphatic rings. The van der Waals surface area contributed by atoms with Gasteiger partial charge >= 0.3 is 0 Å².